The van der Waals surface area contributed by atoms with Gasteiger partial charge in [-0.2, -0.15) is 8.75 Å². The van der Waals surface area contributed by atoms with Crippen molar-refractivity contribution in [2.24, 2.45) is 0 Å². The molecule has 0 unspecified atom stereocenters. The zero-order chi connectivity index (χ0) is 12.7. The first kappa shape index (κ1) is 13.6. The molecule has 1 aromatic rings. The van der Waals surface area contributed by atoms with E-state index in [0.717, 1.165) is 18.1 Å². The van der Waals surface area contributed by atoms with Crippen LogP contribution in [0.5, 0.6) is 0 Å². The molecule has 1 amide bonds. The monoisotopic (exact) mass is 257 g/mol. The summed E-state index contributed by atoms with van der Waals surface area (Å²) in [5.41, 5.74) is 0.271. The molecule has 0 N–H and O–H groups in total. The number of hydrogen-bond donors (Lipinski definition) is 0. The van der Waals surface area contributed by atoms with Gasteiger partial charge in [0.1, 0.15) is 6.54 Å². The van der Waals surface area contributed by atoms with Crippen LogP contribution in [0.25, 0.3) is 0 Å². The average molecular weight is 257 g/mol. The molecule has 1 rings (SSSR count). The second-order valence-corrected chi connectivity index (χ2v) is 3.88. The highest BCUT2D eigenvalue weighted by Crippen LogP contribution is 2.04. The van der Waals surface area contributed by atoms with Crippen LogP contribution in [0.15, 0.2) is 6.20 Å². The van der Waals surface area contributed by atoms with Gasteiger partial charge >= 0.3 is 5.97 Å². The number of amides is 1. The van der Waals surface area contributed by atoms with Crippen LogP contribution >= 0.6 is 11.7 Å². The number of ether oxygens (including phenoxy) is 1. The molecule has 17 heavy (non-hydrogen) atoms. The first-order valence-corrected chi connectivity index (χ1v) is 6.14. The van der Waals surface area contributed by atoms with E-state index < -0.39 is 5.97 Å². The average Bonchev–Trinajstić information content (AvgIpc) is 2.81. The second kappa shape index (κ2) is 6.95. The van der Waals surface area contributed by atoms with Crippen molar-refractivity contribution in [3.63, 3.8) is 0 Å². The molecular weight excluding hydrogens is 242 g/mol. The van der Waals surface area contributed by atoms with Gasteiger partial charge in [-0.15, -0.1) is 0 Å². The van der Waals surface area contributed by atoms with Crippen molar-refractivity contribution in [3.05, 3.63) is 11.9 Å². The molecule has 0 fully saturated rings. The molecule has 0 spiro atoms. The smallest absolute Gasteiger partial charge is 0.325 e. The maximum Gasteiger partial charge on any atom is 0.325 e. The van der Waals surface area contributed by atoms with Gasteiger partial charge < -0.3 is 9.64 Å². The molecule has 0 bridgehead atoms. The molecular formula is C10H15N3O3S. The van der Waals surface area contributed by atoms with Crippen LogP contribution in [0.2, 0.25) is 0 Å². The van der Waals surface area contributed by atoms with E-state index in [-0.39, 0.29) is 18.1 Å². The van der Waals surface area contributed by atoms with Crippen molar-refractivity contribution in [2.45, 2.75) is 20.3 Å². The highest BCUT2D eigenvalue weighted by molar-refractivity contribution is 6.99. The lowest BCUT2D eigenvalue weighted by Crippen LogP contribution is -2.37. The summed E-state index contributed by atoms with van der Waals surface area (Å²) in [6.45, 7) is 4.43. The van der Waals surface area contributed by atoms with E-state index in [1.165, 1.54) is 11.1 Å². The van der Waals surface area contributed by atoms with Crippen molar-refractivity contribution in [1.82, 2.24) is 13.6 Å². The van der Waals surface area contributed by atoms with Crippen molar-refractivity contribution < 1.29 is 14.3 Å². The van der Waals surface area contributed by atoms with Gasteiger partial charge in [0, 0.05) is 6.54 Å². The molecule has 0 aliphatic heterocycles. The number of carbonyl (C=O) groups excluding carboxylic acids is 2. The predicted molar refractivity (Wildman–Crippen MR) is 62.7 cm³/mol. The van der Waals surface area contributed by atoms with Gasteiger partial charge in [-0.05, 0) is 13.3 Å². The Bertz CT molecular complexity index is 367. The van der Waals surface area contributed by atoms with Crippen LogP contribution in [-0.2, 0) is 9.53 Å². The van der Waals surface area contributed by atoms with E-state index in [1.807, 2.05) is 6.92 Å². The lowest BCUT2D eigenvalue weighted by molar-refractivity contribution is -0.143. The summed E-state index contributed by atoms with van der Waals surface area (Å²) >= 11 is 0.969. The van der Waals surface area contributed by atoms with E-state index in [9.17, 15) is 9.59 Å². The summed E-state index contributed by atoms with van der Waals surface area (Å²) in [6.07, 6.45) is 2.17. The van der Waals surface area contributed by atoms with Gasteiger partial charge in [0.2, 0.25) is 0 Å². The predicted octanol–water partition coefficient (Wildman–Crippen LogP) is 0.953. The summed E-state index contributed by atoms with van der Waals surface area (Å²) in [6, 6.07) is 0. The first-order chi connectivity index (χ1) is 8.19. The largest absolute Gasteiger partial charge is 0.465 e. The number of aromatic nitrogens is 2. The maximum absolute atomic E-state index is 12.0. The molecule has 94 valence electrons. The summed E-state index contributed by atoms with van der Waals surface area (Å²) in [5.74, 6) is -0.689. The van der Waals surface area contributed by atoms with E-state index in [2.05, 4.69) is 8.75 Å². The van der Waals surface area contributed by atoms with Crippen molar-refractivity contribution in [2.75, 3.05) is 19.7 Å². The lowest BCUT2D eigenvalue weighted by atomic mass is 10.3. The van der Waals surface area contributed by atoms with Gasteiger partial charge in [-0.3, -0.25) is 9.59 Å². The Morgan fingerprint density at radius 3 is 2.76 bits per heavy atom. The Morgan fingerprint density at radius 1 is 1.47 bits per heavy atom. The Kier molecular flexibility index (Phi) is 5.55. The number of carbonyl (C=O) groups is 2. The molecule has 0 saturated carbocycles. The molecule has 0 aliphatic rings. The van der Waals surface area contributed by atoms with Crippen molar-refractivity contribution in [3.8, 4) is 0 Å². The molecule has 6 nitrogen and oxygen atoms in total. The minimum atomic E-state index is -0.405. The summed E-state index contributed by atoms with van der Waals surface area (Å²) < 4.78 is 12.4. The third-order valence-electron chi connectivity index (χ3n) is 1.99. The fourth-order valence-electron chi connectivity index (χ4n) is 1.31. The maximum atomic E-state index is 12.0. The number of esters is 1. The van der Waals surface area contributed by atoms with Crippen molar-refractivity contribution >= 4 is 23.6 Å². The Labute approximate surface area is 104 Å². The SMILES string of the molecule is CCCN(CC(=O)OCC)C(=O)c1cnsn1. The molecule has 1 aromatic heterocycles. The van der Waals surface area contributed by atoms with Gasteiger partial charge in [-0.1, -0.05) is 6.92 Å². The Hall–Kier alpha value is -1.50. The number of nitrogens with zero attached hydrogens (tertiary/aromatic N) is 3. The number of rotatable bonds is 6. The van der Waals surface area contributed by atoms with Crippen LogP contribution in [0.3, 0.4) is 0 Å². The van der Waals surface area contributed by atoms with E-state index in [1.54, 1.807) is 6.92 Å². The molecule has 0 radical (unpaired) electrons. The molecule has 0 aliphatic carbocycles. The summed E-state index contributed by atoms with van der Waals surface area (Å²) in [5, 5.41) is 0. The van der Waals surface area contributed by atoms with Crippen LogP contribution in [-0.4, -0.2) is 45.2 Å². The lowest BCUT2D eigenvalue weighted by Gasteiger charge is -2.19. The van der Waals surface area contributed by atoms with E-state index >= 15 is 0 Å². The third-order valence-corrected chi connectivity index (χ3v) is 2.46. The first-order valence-electron chi connectivity index (χ1n) is 5.41. The van der Waals surface area contributed by atoms with Crippen LogP contribution in [0.4, 0.5) is 0 Å². The van der Waals surface area contributed by atoms with Crippen molar-refractivity contribution in [1.29, 1.82) is 0 Å². The Balaban J connectivity index is 2.65. The highest BCUT2D eigenvalue weighted by atomic mass is 32.1. The Morgan fingerprint density at radius 2 is 2.24 bits per heavy atom. The number of hydrogen-bond acceptors (Lipinski definition) is 6. The van der Waals surface area contributed by atoms with Gasteiger partial charge in [0.05, 0.1) is 24.5 Å². The standard InChI is InChI=1S/C10H15N3O3S/c1-3-5-13(7-9(14)16-4-2)10(15)8-6-11-17-12-8/h6H,3-5,7H2,1-2H3. The van der Waals surface area contributed by atoms with E-state index in [4.69, 9.17) is 4.74 Å². The summed E-state index contributed by atoms with van der Waals surface area (Å²) in [4.78, 5) is 24.7. The molecule has 0 aromatic carbocycles. The summed E-state index contributed by atoms with van der Waals surface area (Å²) in [7, 11) is 0. The molecule has 0 saturated heterocycles. The van der Waals surface area contributed by atoms with Gasteiger partial charge in [0.25, 0.3) is 5.91 Å². The topological polar surface area (TPSA) is 72.4 Å². The highest BCUT2D eigenvalue weighted by Gasteiger charge is 2.20. The fraction of sp³-hybridized carbons (Fsp3) is 0.600. The minimum Gasteiger partial charge on any atom is -0.465 e. The van der Waals surface area contributed by atoms with Gasteiger partial charge in [-0.25, -0.2) is 0 Å². The van der Waals surface area contributed by atoms with Crippen LogP contribution in [0.1, 0.15) is 30.8 Å². The molecule has 7 heteroatoms. The fourth-order valence-corrected chi connectivity index (χ4v) is 1.71. The molecule has 0 atom stereocenters. The second-order valence-electron chi connectivity index (χ2n) is 3.32. The minimum absolute atomic E-state index is 0.0436. The van der Waals surface area contributed by atoms with Crippen LogP contribution < -0.4 is 0 Å². The third kappa shape index (κ3) is 4.10. The van der Waals surface area contributed by atoms with E-state index in [0.29, 0.717) is 13.2 Å². The zero-order valence-corrected chi connectivity index (χ0v) is 10.7. The molecule has 1 heterocycles. The zero-order valence-electron chi connectivity index (χ0n) is 9.88. The van der Waals surface area contributed by atoms with Gasteiger partial charge in [0.15, 0.2) is 5.69 Å². The quantitative estimate of drug-likeness (QED) is 0.709. The van der Waals surface area contributed by atoms with Crippen LogP contribution in [0, 0.1) is 0 Å². The normalized spacial score (nSPS) is 10.0.